The molecule has 1 heterocycles. The second-order valence-corrected chi connectivity index (χ2v) is 4.42. The zero-order chi connectivity index (χ0) is 13.8. The molecule has 1 aliphatic heterocycles. The maximum atomic E-state index is 12.5. The van der Waals surface area contributed by atoms with Gasteiger partial charge in [-0.3, -0.25) is 9.69 Å². The van der Waals surface area contributed by atoms with Crippen LogP contribution in [0.25, 0.3) is 0 Å². The molecule has 0 aromatic heterocycles. The van der Waals surface area contributed by atoms with E-state index in [1.54, 1.807) is 0 Å². The molecule has 1 rings (SSSR count). The predicted octanol–water partition coefficient (Wildman–Crippen LogP) is 2.02. The van der Waals surface area contributed by atoms with E-state index in [0.717, 1.165) is 6.42 Å². The Kier molecular flexibility index (Phi) is 4.96. The number of halogens is 3. The van der Waals surface area contributed by atoms with Crippen LogP contribution < -0.4 is 0 Å². The number of hydrogen-bond donors (Lipinski definition) is 1. The number of carboxylic acids is 1. The maximum Gasteiger partial charge on any atom is 0.405 e. The summed E-state index contributed by atoms with van der Waals surface area (Å²) >= 11 is 0. The van der Waals surface area contributed by atoms with Crippen molar-refractivity contribution in [2.75, 3.05) is 13.1 Å². The fraction of sp³-hybridized carbons (Fsp3) is 0.818. The number of rotatable bonds is 3. The van der Waals surface area contributed by atoms with Crippen LogP contribution >= 0.6 is 0 Å². The SMILES string of the molecule is N#CC(CN1CCCCCC1C(=O)O)C(F)(F)F. The van der Waals surface area contributed by atoms with Gasteiger partial charge in [0.25, 0.3) is 0 Å². The van der Waals surface area contributed by atoms with Crippen LogP contribution in [0.5, 0.6) is 0 Å². The van der Waals surface area contributed by atoms with Crippen molar-refractivity contribution in [3.63, 3.8) is 0 Å². The van der Waals surface area contributed by atoms with Gasteiger partial charge in [-0.15, -0.1) is 0 Å². The van der Waals surface area contributed by atoms with Crippen LogP contribution in [0, 0.1) is 17.2 Å². The molecule has 0 saturated carbocycles. The first-order valence-corrected chi connectivity index (χ1v) is 5.79. The first-order valence-electron chi connectivity index (χ1n) is 5.79. The van der Waals surface area contributed by atoms with Crippen molar-refractivity contribution in [3.8, 4) is 6.07 Å². The fourth-order valence-electron chi connectivity index (χ4n) is 2.12. The predicted molar refractivity (Wildman–Crippen MR) is 56.6 cm³/mol. The molecule has 2 atom stereocenters. The van der Waals surface area contributed by atoms with E-state index in [1.165, 1.54) is 11.0 Å². The van der Waals surface area contributed by atoms with Gasteiger partial charge in [0.05, 0.1) is 6.07 Å². The van der Waals surface area contributed by atoms with Crippen molar-refractivity contribution in [2.45, 2.75) is 37.9 Å². The lowest BCUT2D eigenvalue weighted by molar-refractivity contribution is -0.167. The highest BCUT2D eigenvalue weighted by Crippen LogP contribution is 2.28. The maximum absolute atomic E-state index is 12.5. The second kappa shape index (κ2) is 6.05. The molecule has 0 radical (unpaired) electrons. The average molecular weight is 264 g/mol. The lowest BCUT2D eigenvalue weighted by Gasteiger charge is -2.29. The van der Waals surface area contributed by atoms with Crippen molar-refractivity contribution >= 4 is 5.97 Å². The van der Waals surface area contributed by atoms with Gasteiger partial charge < -0.3 is 5.11 Å². The quantitative estimate of drug-likeness (QED) is 0.847. The third kappa shape index (κ3) is 3.88. The van der Waals surface area contributed by atoms with Crippen molar-refractivity contribution < 1.29 is 23.1 Å². The van der Waals surface area contributed by atoms with Gasteiger partial charge in [-0.2, -0.15) is 18.4 Å². The largest absolute Gasteiger partial charge is 0.480 e. The minimum absolute atomic E-state index is 0.297. The summed E-state index contributed by atoms with van der Waals surface area (Å²) in [7, 11) is 0. The molecule has 0 bridgehead atoms. The molecule has 2 unspecified atom stereocenters. The summed E-state index contributed by atoms with van der Waals surface area (Å²) in [6.07, 6.45) is -2.10. The Hall–Kier alpha value is -1.29. The molecule has 0 aromatic rings. The van der Waals surface area contributed by atoms with E-state index in [4.69, 9.17) is 10.4 Å². The number of likely N-dealkylation sites (tertiary alicyclic amines) is 1. The summed E-state index contributed by atoms with van der Waals surface area (Å²) in [5.41, 5.74) is 0. The molecular formula is C11H15F3N2O2. The first kappa shape index (κ1) is 14.8. The number of aliphatic carboxylic acids is 1. The Morgan fingerprint density at radius 2 is 2.11 bits per heavy atom. The third-order valence-electron chi connectivity index (χ3n) is 3.12. The summed E-state index contributed by atoms with van der Waals surface area (Å²) < 4.78 is 37.5. The van der Waals surface area contributed by atoms with Gasteiger partial charge in [-0.25, -0.2) is 0 Å². The molecule has 18 heavy (non-hydrogen) atoms. The van der Waals surface area contributed by atoms with E-state index >= 15 is 0 Å². The van der Waals surface area contributed by atoms with Gasteiger partial charge in [0.1, 0.15) is 6.04 Å². The average Bonchev–Trinajstić information content (AvgIpc) is 2.49. The molecule has 4 nitrogen and oxygen atoms in total. The topological polar surface area (TPSA) is 64.3 Å². The second-order valence-electron chi connectivity index (χ2n) is 4.42. The smallest absolute Gasteiger partial charge is 0.405 e. The highest BCUT2D eigenvalue weighted by atomic mass is 19.4. The Labute approximate surface area is 103 Å². The molecule has 0 aromatic carbocycles. The zero-order valence-electron chi connectivity index (χ0n) is 9.78. The molecule has 1 aliphatic rings. The summed E-state index contributed by atoms with van der Waals surface area (Å²) in [6.45, 7) is -0.262. The molecule has 1 fully saturated rings. The summed E-state index contributed by atoms with van der Waals surface area (Å²) in [5, 5.41) is 17.6. The van der Waals surface area contributed by atoms with Gasteiger partial charge in [-0.05, 0) is 19.4 Å². The van der Waals surface area contributed by atoms with E-state index in [9.17, 15) is 18.0 Å². The highest BCUT2D eigenvalue weighted by molar-refractivity contribution is 5.73. The van der Waals surface area contributed by atoms with Crippen LogP contribution in [0.15, 0.2) is 0 Å². The van der Waals surface area contributed by atoms with Gasteiger partial charge in [0.2, 0.25) is 0 Å². The molecule has 102 valence electrons. The molecule has 0 amide bonds. The van der Waals surface area contributed by atoms with Crippen LogP contribution in [-0.4, -0.2) is 41.3 Å². The van der Waals surface area contributed by atoms with Gasteiger partial charge in [0.15, 0.2) is 5.92 Å². The third-order valence-corrected chi connectivity index (χ3v) is 3.12. The van der Waals surface area contributed by atoms with Crippen LogP contribution in [0.3, 0.4) is 0 Å². The Bertz CT molecular complexity index is 338. The Morgan fingerprint density at radius 3 is 2.61 bits per heavy atom. The summed E-state index contributed by atoms with van der Waals surface area (Å²) in [4.78, 5) is 12.3. The summed E-state index contributed by atoms with van der Waals surface area (Å²) in [6, 6.07) is 0.298. The van der Waals surface area contributed by atoms with Crippen molar-refractivity contribution in [1.29, 1.82) is 5.26 Å². The number of nitriles is 1. The normalized spacial score (nSPS) is 24.0. The number of nitrogens with zero attached hydrogens (tertiary/aromatic N) is 2. The van der Waals surface area contributed by atoms with Crippen LogP contribution in [0.4, 0.5) is 13.2 Å². The molecule has 7 heteroatoms. The van der Waals surface area contributed by atoms with E-state index in [2.05, 4.69) is 0 Å². The minimum Gasteiger partial charge on any atom is -0.480 e. The van der Waals surface area contributed by atoms with Crippen molar-refractivity contribution in [2.24, 2.45) is 5.92 Å². The highest BCUT2D eigenvalue weighted by Gasteiger charge is 2.42. The van der Waals surface area contributed by atoms with Crippen molar-refractivity contribution in [3.05, 3.63) is 0 Å². The minimum atomic E-state index is -4.61. The van der Waals surface area contributed by atoms with Crippen LogP contribution in [0.1, 0.15) is 25.7 Å². The van der Waals surface area contributed by atoms with Crippen LogP contribution in [-0.2, 0) is 4.79 Å². The monoisotopic (exact) mass is 264 g/mol. The van der Waals surface area contributed by atoms with E-state index in [-0.39, 0.29) is 0 Å². The molecule has 0 aliphatic carbocycles. The Balaban J connectivity index is 2.77. The molecule has 0 spiro atoms. The Morgan fingerprint density at radius 1 is 1.44 bits per heavy atom. The summed E-state index contributed by atoms with van der Waals surface area (Å²) in [5.74, 6) is -3.24. The van der Waals surface area contributed by atoms with Crippen LogP contribution in [0.2, 0.25) is 0 Å². The number of carbonyl (C=O) groups is 1. The molecule has 1 saturated heterocycles. The van der Waals surface area contributed by atoms with Gasteiger partial charge in [-0.1, -0.05) is 12.8 Å². The van der Waals surface area contributed by atoms with E-state index < -0.39 is 30.7 Å². The van der Waals surface area contributed by atoms with Gasteiger partial charge in [0, 0.05) is 6.54 Å². The number of alkyl halides is 3. The van der Waals surface area contributed by atoms with Crippen molar-refractivity contribution in [1.82, 2.24) is 4.90 Å². The molecular weight excluding hydrogens is 249 g/mol. The molecule has 1 N–H and O–H groups in total. The number of hydrogen-bond acceptors (Lipinski definition) is 3. The number of carboxylic acid groups (broad SMARTS) is 1. The fourth-order valence-corrected chi connectivity index (χ4v) is 2.12. The standard InChI is InChI=1S/C11H15F3N2O2/c12-11(13,14)8(6-15)7-16-5-3-1-2-4-9(16)10(17)18/h8-9H,1-5,7H2,(H,17,18). The van der Waals surface area contributed by atoms with E-state index in [0.29, 0.717) is 25.8 Å². The van der Waals surface area contributed by atoms with Gasteiger partial charge >= 0.3 is 12.1 Å². The lowest BCUT2D eigenvalue weighted by atomic mass is 10.1. The first-order chi connectivity index (χ1) is 8.36. The lowest BCUT2D eigenvalue weighted by Crippen LogP contribution is -2.45. The van der Waals surface area contributed by atoms with E-state index in [1.807, 2.05) is 0 Å². The zero-order valence-corrected chi connectivity index (χ0v) is 9.78.